The third kappa shape index (κ3) is 2.03. The first-order valence-electron chi connectivity index (χ1n) is 5.28. The maximum Gasteiger partial charge on any atom is 0.157 e. The van der Waals surface area contributed by atoms with E-state index in [4.69, 9.17) is 9.47 Å². The van der Waals surface area contributed by atoms with Gasteiger partial charge in [-0.05, 0) is 6.42 Å². The molecule has 2 heterocycles. The second-order valence-corrected chi connectivity index (χ2v) is 4.04. The van der Waals surface area contributed by atoms with Crippen LogP contribution in [0.5, 0.6) is 0 Å². The molecule has 0 amide bonds. The first-order valence-corrected chi connectivity index (χ1v) is 5.28. The zero-order valence-corrected chi connectivity index (χ0v) is 8.11. The fourth-order valence-corrected chi connectivity index (χ4v) is 2.23. The van der Waals surface area contributed by atoms with Crippen molar-refractivity contribution in [1.29, 1.82) is 0 Å². The molecule has 4 atom stereocenters. The van der Waals surface area contributed by atoms with Crippen molar-refractivity contribution in [3.63, 3.8) is 0 Å². The van der Waals surface area contributed by atoms with Crippen LogP contribution in [0.15, 0.2) is 0 Å². The van der Waals surface area contributed by atoms with Crippen molar-refractivity contribution < 1.29 is 14.6 Å². The van der Waals surface area contributed by atoms with Crippen LogP contribution in [0.1, 0.15) is 39.0 Å². The average Bonchev–Trinajstić information content (AvgIpc) is 2.57. The molecule has 4 unspecified atom stereocenters. The molecule has 1 N–H and O–H groups in total. The summed E-state index contributed by atoms with van der Waals surface area (Å²) in [5, 5.41) is 9.20. The largest absolute Gasteiger partial charge is 0.372 e. The van der Waals surface area contributed by atoms with Crippen molar-refractivity contribution in [3.05, 3.63) is 0 Å². The van der Waals surface area contributed by atoms with Gasteiger partial charge in [-0.15, -0.1) is 0 Å². The van der Waals surface area contributed by atoms with Crippen molar-refractivity contribution in [3.8, 4) is 0 Å². The lowest BCUT2D eigenvalue weighted by molar-refractivity contribution is -0.0911. The van der Waals surface area contributed by atoms with Crippen LogP contribution in [0.3, 0.4) is 0 Å². The second kappa shape index (κ2) is 3.95. The van der Waals surface area contributed by atoms with E-state index in [-0.39, 0.29) is 12.2 Å². The number of aliphatic hydroxyl groups excluding tert-OH is 1. The highest BCUT2D eigenvalue weighted by molar-refractivity contribution is 4.88. The van der Waals surface area contributed by atoms with E-state index in [1.54, 1.807) is 0 Å². The summed E-state index contributed by atoms with van der Waals surface area (Å²) in [6, 6.07) is 0. The number of unbranched alkanes of at least 4 members (excludes halogenated alkanes) is 1. The number of hydrogen-bond acceptors (Lipinski definition) is 3. The smallest absolute Gasteiger partial charge is 0.157 e. The Morgan fingerprint density at radius 3 is 2.69 bits per heavy atom. The van der Waals surface area contributed by atoms with Gasteiger partial charge in [-0.25, -0.2) is 0 Å². The van der Waals surface area contributed by atoms with Crippen LogP contribution < -0.4 is 0 Å². The predicted molar refractivity (Wildman–Crippen MR) is 48.3 cm³/mol. The van der Waals surface area contributed by atoms with Gasteiger partial charge in [-0.3, -0.25) is 0 Å². The van der Waals surface area contributed by atoms with E-state index in [0.717, 1.165) is 12.8 Å². The molecule has 0 spiro atoms. The molecular weight excluding hydrogens is 168 g/mol. The molecule has 0 aromatic heterocycles. The summed E-state index contributed by atoms with van der Waals surface area (Å²) in [6.07, 6.45) is 5.35. The van der Waals surface area contributed by atoms with Crippen molar-refractivity contribution >= 4 is 0 Å². The Labute approximate surface area is 79.0 Å². The van der Waals surface area contributed by atoms with Crippen LogP contribution in [0.2, 0.25) is 0 Å². The lowest BCUT2D eigenvalue weighted by Gasteiger charge is -2.11. The van der Waals surface area contributed by atoms with Gasteiger partial charge in [-0.2, -0.15) is 0 Å². The molecule has 3 nitrogen and oxygen atoms in total. The molecule has 0 aromatic rings. The van der Waals surface area contributed by atoms with Gasteiger partial charge in [0.15, 0.2) is 6.29 Å². The molecule has 0 aliphatic carbocycles. The minimum Gasteiger partial charge on any atom is -0.372 e. The Morgan fingerprint density at radius 1 is 1.23 bits per heavy atom. The van der Waals surface area contributed by atoms with Crippen LogP contribution in [0, 0.1) is 0 Å². The van der Waals surface area contributed by atoms with E-state index in [1.165, 1.54) is 12.8 Å². The zero-order chi connectivity index (χ0) is 9.26. The van der Waals surface area contributed by atoms with E-state index >= 15 is 0 Å². The number of rotatable bonds is 3. The van der Waals surface area contributed by atoms with Gasteiger partial charge in [0.2, 0.25) is 0 Å². The Balaban J connectivity index is 1.77. The third-order valence-corrected chi connectivity index (χ3v) is 2.92. The summed E-state index contributed by atoms with van der Waals surface area (Å²) in [4.78, 5) is 0. The third-order valence-electron chi connectivity index (χ3n) is 2.92. The first kappa shape index (κ1) is 9.44. The van der Waals surface area contributed by atoms with Crippen LogP contribution >= 0.6 is 0 Å². The zero-order valence-electron chi connectivity index (χ0n) is 8.11. The topological polar surface area (TPSA) is 38.7 Å². The molecular formula is C10H18O3. The van der Waals surface area contributed by atoms with E-state index in [2.05, 4.69) is 6.92 Å². The number of fused-ring (bicyclic) bond motifs is 1. The normalized spacial score (nSPS) is 43.8. The Morgan fingerprint density at radius 2 is 2.00 bits per heavy atom. The van der Waals surface area contributed by atoms with Gasteiger partial charge in [0.1, 0.15) is 0 Å². The van der Waals surface area contributed by atoms with Crippen molar-refractivity contribution in [2.24, 2.45) is 0 Å². The van der Waals surface area contributed by atoms with Gasteiger partial charge in [0.25, 0.3) is 0 Å². The van der Waals surface area contributed by atoms with Gasteiger partial charge in [0, 0.05) is 12.8 Å². The fraction of sp³-hybridized carbons (Fsp3) is 1.00. The summed E-state index contributed by atoms with van der Waals surface area (Å²) >= 11 is 0. The van der Waals surface area contributed by atoms with Crippen molar-refractivity contribution in [2.45, 2.75) is 63.6 Å². The molecule has 0 aromatic carbocycles. The fourth-order valence-electron chi connectivity index (χ4n) is 2.23. The van der Waals surface area contributed by atoms with E-state index in [1.807, 2.05) is 0 Å². The van der Waals surface area contributed by atoms with E-state index in [0.29, 0.717) is 12.5 Å². The van der Waals surface area contributed by atoms with Gasteiger partial charge in [0.05, 0.1) is 18.3 Å². The standard InChI is InChI=1S/C10H18O3/c1-2-3-4-7-5-8-9(12-7)6-10(11)13-8/h7-11H,2-6H2,1H3. The molecule has 2 saturated heterocycles. The summed E-state index contributed by atoms with van der Waals surface area (Å²) in [5.74, 6) is 0. The summed E-state index contributed by atoms with van der Waals surface area (Å²) in [6.45, 7) is 2.19. The molecule has 3 heteroatoms. The molecule has 2 aliphatic rings. The quantitative estimate of drug-likeness (QED) is 0.725. The Bertz CT molecular complexity index is 158. The minimum absolute atomic E-state index is 0.164. The van der Waals surface area contributed by atoms with Crippen LogP contribution in [-0.2, 0) is 9.47 Å². The second-order valence-electron chi connectivity index (χ2n) is 4.04. The predicted octanol–water partition coefficient (Wildman–Crippen LogP) is 1.44. The van der Waals surface area contributed by atoms with Crippen molar-refractivity contribution in [2.75, 3.05) is 0 Å². The van der Waals surface area contributed by atoms with Crippen LogP contribution in [0.25, 0.3) is 0 Å². The van der Waals surface area contributed by atoms with Gasteiger partial charge < -0.3 is 14.6 Å². The van der Waals surface area contributed by atoms with Gasteiger partial charge >= 0.3 is 0 Å². The molecule has 2 rings (SSSR count). The van der Waals surface area contributed by atoms with Crippen molar-refractivity contribution in [1.82, 2.24) is 0 Å². The molecule has 0 saturated carbocycles. The highest BCUT2D eigenvalue weighted by atomic mass is 16.6. The lowest BCUT2D eigenvalue weighted by Crippen LogP contribution is -2.13. The van der Waals surface area contributed by atoms with Gasteiger partial charge in [-0.1, -0.05) is 19.8 Å². The van der Waals surface area contributed by atoms with E-state index in [9.17, 15) is 5.11 Å². The summed E-state index contributed by atoms with van der Waals surface area (Å²) < 4.78 is 11.1. The van der Waals surface area contributed by atoms with Crippen LogP contribution in [-0.4, -0.2) is 29.7 Å². The molecule has 0 radical (unpaired) electrons. The first-order chi connectivity index (χ1) is 6.29. The summed E-state index contributed by atoms with van der Waals surface area (Å²) in [7, 11) is 0. The lowest BCUT2D eigenvalue weighted by atomic mass is 10.1. The highest BCUT2D eigenvalue weighted by Gasteiger charge is 2.42. The molecule has 76 valence electrons. The molecule has 2 fully saturated rings. The minimum atomic E-state index is -0.581. The van der Waals surface area contributed by atoms with E-state index < -0.39 is 6.29 Å². The van der Waals surface area contributed by atoms with Crippen LogP contribution in [0.4, 0.5) is 0 Å². The molecule has 0 bridgehead atoms. The number of aliphatic hydroxyl groups is 1. The SMILES string of the molecule is CCCCC1CC2OC(O)CC2O1. The Kier molecular flexibility index (Phi) is 2.86. The number of hydrogen-bond donors (Lipinski definition) is 1. The summed E-state index contributed by atoms with van der Waals surface area (Å²) in [5.41, 5.74) is 0. The number of ether oxygens (including phenoxy) is 2. The highest BCUT2D eigenvalue weighted by Crippen LogP contribution is 2.34. The molecule has 13 heavy (non-hydrogen) atoms. The molecule has 2 aliphatic heterocycles. The maximum absolute atomic E-state index is 9.20. The Hall–Kier alpha value is -0.120. The average molecular weight is 186 g/mol. The monoisotopic (exact) mass is 186 g/mol. The maximum atomic E-state index is 9.20.